The van der Waals surface area contributed by atoms with E-state index in [1.807, 2.05) is 18.4 Å². The molecule has 3 rings (SSSR count). The number of rotatable bonds is 6. The van der Waals surface area contributed by atoms with Crippen LogP contribution in [-0.4, -0.2) is 46.1 Å². The lowest BCUT2D eigenvalue weighted by Gasteiger charge is -2.19. The number of amides is 2. The van der Waals surface area contributed by atoms with Crippen LogP contribution in [0.25, 0.3) is 11.0 Å². The minimum atomic E-state index is -4.71. The predicted molar refractivity (Wildman–Crippen MR) is 109 cm³/mol. The lowest BCUT2D eigenvalue weighted by atomic mass is 10.3. The van der Waals surface area contributed by atoms with Gasteiger partial charge in [0.1, 0.15) is 6.54 Å². The van der Waals surface area contributed by atoms with E-state index in [0.29, 0.717) is 5.69 Å². The first-order valence-electron chi connectivity index (χ1n) is 8.90. The number of halogens is 3. The van der Waals surface area contributed by atoms with E-state index < -0.39 is 30.4 Å². The summed E-state index contributed by atoms with van der Waals surface area (Å²) in [6, 6.07) is 13.3. The van der Waals surface area contributed by atoms with Crippen LogP contribution in [0.5, 0.6) is 0 Å². The molecule has 158 valence electrons. The van der Waals surface area contributed by atoms with Crippen molar-refractivity contribution in [2.24, 2.45) is 0 Å². The third-order valence-electron chi connectivity index (χ3n) is 4.39. The number of para-hydroxylation sites is 3. The molecule has 2 amide bonds. The van der Waals surface area contributed by atoms with E-state index in [9.17, 15) is 22.8 Å². The minimum Gasteiger partial charge on any atom is -0.335 e. The number of nitrogens with zero attached hydrogens (tertiary/aromatic N) is 3. The molecule has 1 N–H and O–H groups in total. The Balaban J connectivity index is 1.74. The van der Waals surface area contributed by atoms with E-state index in [2.05, 4.69) is 10.3 Å². The van der Waals surface area contributed by atoms with Crippen molar-refractivity contribution >= 4 is 40.3 Å². The summed E-state index contributed by atoms with van der Waals surface area (Å²) < 4.78 is 41.0. The number of carbonyl (C=O) groups is 2. The summed E-state index contributed by atoms with van der Waals surface area (Å²) in [5.74, 6) is -2.24. The Morgan fingerprint density at radius 2 is 1.80 bits per heavy atom. The van der Waals surface area contributed by atoms with Crippen LogP contribution in [-0.2, 0) is 22.3 Å². The largest absolute Gasteiger partial charge is 0.449 e. The monoisotopic (exact) mass is 436 g/mol. The number of benzene rings is 2. The minimum absolute atomic E-state index is 0.145. The summed E-state index contributed by atoms with van der Waals surface area (Å²) >= 11 is 1.46. The number of carbonyl (C=O) groups excluding carboxylic acids is 2. The average Bonchev–Trinajstić information content (AvgIpc) is 3.07. The number of likely N-dealkylation sites (N-methyl/N-ethyl adjacent to an activating group) is 1. The van der Waals surface area contributed by atoms with Gasteiger partial charge in [0, 0.05) is 11.9 Å². The number of hydrogen-bond acceptors (Lipinski definition) is 4. The Morgan fingerprint density at radius 1 is 1.13 bits per heavy atom. The van der Waals surface area contributed by atoms with Gasteiger partial charge in [0.25, 0.3) is 0 Å². The molecule has 1 heterocycles. The van der Waals surface area contributed by atoms with E-state index in [0.717, 1.165) is 14.4 Å². The van der Waals surface area contributed by atoms with Crippen molar-refractivity contribution in [1.82, 2.24) is 14.5 Å². The fourth-order valence-electron chi connectivity index (χ4n) is 2.95. The number of anilines is 1. The zero-order chi connectivity index (χ0) is 21.9. The van der Waals surface area contributed by atoms with Crippen LogP contribution in [0.1, 0.15) is 5.82 Å². The highest BCUT2D eigenvalue weighted by Crippen LogP contribution is 2.31. The van der Waals surface area contributed by atoms with Crippen molar-refractivity contribution in [1.29, 1.82) is 0 Å². The first kappa shape index (κ1) is 21.7. The summed E-state index contributed by atoms with van der Waals surface area (Å²) in [5.41, 5.74) is 0.951. The van der Waals surface area contributed by atoms with Crippen molar-refractivity contribution in [2.75, 3.05) is 25.2 Å². The lowest BCUT2D eigenvalue weighted by molar-refractivity contribution is -0.148. The molecule has 0 radical (unpaired) electrons. The molecule has 0 bridgehead atoms. The van der Waals surface area contributed by atoms with Gasteiger partial charge in [-0.05, 0) is 30.5 Å². The van der Waals surface area contributed by atoms with Gasteiger partial charge in [-0.25, -0.2) is 4.98 Å². The lowest BCUT2D eigenvalue weighted by Crippen LogP contribution is -2.37. The average molecular weight is 436 g/mol. The molecule has 0 atom stereocenters. The van der Waals surface area contributed by atoms with Gasteiger partial charge >= 0.3 is 6.18 Å². The van der Waals surface area contributed by atoms with Gasteiger partial charge in [0.2, 0.25) is 17.6 Å². The van der Waals surface area contributed by atoms with Gasteiger partial charge in [0.05, 0.1) is 23.3 Å². The molecule has 30 heavy (non-hydrogen) atoms. The van der Waals surface area contributed by atoms with Gasteiger partial charge in [-0.2, -0.15) is 13.2 Å². The molecule has 10 heteroatoms. The second kappa shape index (κ2) is 8.78. The fraction of sp³-hybridized carbons (Fsp3) is 0.250. The zero-order valence-corrected chi connectivity index (χ0v) is 17.0. The first-order chi connectivity index (χ1) is 14.2. The maximum absolute atomic E-state index is 13.4. The SMILES string of the molecule is CSc1ccccc1NC(=O)CN(C)C(=O)Cn1c(C(F)(F)F)nc2ccccc21. The standard InChI is InChI=1S/C20H19F3N4O2S/c1-26(11-17(28)24-14-8-4-6-10-16(14)30-2)18(29)12-27-15-9-5-3-7-13(15)25-19(27)20(21,22)23/h3-10H,11-12H2,1-2H3,(H,24,28). The van der Waals surface area contributed by atoms with Crippen LogP contribution < -0.4 is 5.32 Å². The van der Waals surface area contributed by atoms with Crippen molar-refractivity contribution in [3.8, 4) is 0 Å². The number of hydrogen-bond donors (Lipinski definition) is 1. The maximum atomic E-state index is 13.4. The van der Waals surface area contributed by atoms with Crippen LogP contribution in [0.15, 0.2) is 53.4 Å². The molecule has 0 aliphatic heterocycles. The third-order valence-corrected chi connectivity index (χ3v) is 5.18. The molecule has 3 aromatic rings. The second-order valence-electron chi connectivity index (χ2n) is 6.51. The quantitative estimate of drug-likeness (QED) is 0.596. The predicted octanol–water partition coefficient (Wildman–Crippen LogP) is 3.87. The van der Waals surface area contributed by atoms with E-state index in [1.54, 1.807) is 24.3 Å². The van der Waals surface area contributed by atoms with Crippen LogP contribution in [0.4, 0.5) is 18.9 Å². The Morgan fingerprint density at radius 3 is 2.50 bits per heavy atom. The van der Waals surface area contributed by atoms with Crippen molar-refractivity contribution in [2.45, 2.75) is 17.6 Å². The van der Waals surface area contributed by atoms with E-state index in [-0.39, 0.29) is 17.6 Å². The summed E-state index contributed by atoms with van der Waals surface area (Å²) in [6.45, 7) is -0.879. The molecule has 0 fully saturated rings. The first-order valence-corrected chi connectivity index (χ1v) is 10.1. The summed E-state index contributed by atoms with van der Waals surface area (Å²) in [6.07, 6.45) is -2.84. The Hall–Kier alpha value is -3.01. The van der Waals surface area contributed by atoms with Gasteiger partial charge in [-0.15, -0.1) is 11.8 Å². The summed E-state index contributed by atoms with van der Waals surface area (Å²) in [7, 11) is 1.37. The van der Waals surface area contributed by atoms with Gasteiger partial charge in [0.15, 0.2) is 0 Å². The normalized spacial score (nSPS) is 11.5. The smallest absolute Gasteiger partial charge is 0.335 e. The number of nitrogens with one attached hydrogen (secondary N) is 1. The molecule has 0 aliphatic carbocycles. The number of imidazole rings is 1. The molecule has 0 spiro atoms. The molecule has 0 saturated carbocycles. The number of thioether (sulfide) groups is 1. The molecule has 0 saturated heterocycles. The molecule has 1 aromatic heterocycles. The van der Waals surface area contributed by atoms with Crippen LogP contribution in [0.3, 0.4) is 0 Å². The van der Waals surface area contributed by atoms with Crippen molar-refractivity contribution in [3.05, 3.63) is 54.4 Å². The highest BCUT2D eigenvalue weighted by molar-refractivity contribution is 7.98. The third kappa shape index (κ3) is 4.76. The molecule has 2 aromatic carbocycles. The fourth-order valence-corrected chi connectivity index (χ4v) is 3.50. The van der Waals surface area contributed by atoms with E-state index in [1.165, 1.54) is 30.9 Å². The Bertz CT molecular complexity index is 1080. The topological polar surface area (TPSA) is 67.2 Å². The highest BCUT2D eigenvalue weighted by atomic mass is 32.2. The van der Waals surface area contributed by atoms with Crippen LogP contribution in [0, 0.1) is 0 Å². The van der Waals surface area contributed by atoms with Gasteiger partial charge < -0.3 is 14.8 Å². The zero-order valence-electron chi connectivity index (χ0n) is 16.2. The van der Waals surface area contributed by atoms with E-state index in [4.69, 9.17) is 0 Å². The maximum Gasteiger partial charge on any atom is 0.449 e. The van der Waals surface area contributed by atoms with Crippen molar-refractivity contribution < 1.29 is 22.8 Å². The molecular formula is C20H19F3N4O2S. The number of alkyl halides is 3. The summed E-state index contributed by atoms with van der Waals surface area (Å²) in [4.78, 5) is 30.5. The number of fused-ring (bicyclic) bond motifs is 1. The second-order valence-corrected chi connectivity index (χ2v) is 7.35. The molecule has 0 unspecified atom stereocenters. The number of aromatic nitrogens is 2. The molecule has 0 aliphatic rings. The Kier molecular flexibility index (Phi) is 6.35. The van der Waals surface area contributed by atoms with Crippen LogP contribution in [0.2, 0.25) is 0 Å². The van der Waals surface area contributed by atoms with E-state index >= 15 is 0 Å². The molecular weight excluding hydrogens is 417 g/mol. The Labute approximate surface area is 175 Å². The van der Waals surface area contributed by atoms with Crippen molar-refractivity contribution in [3.63, 3.8) is 0 Å². The highest BCUT2D eigenvalue weighted by Gasteiger charge is 2.38. The van der Waals surface area contributed by atoms with Gasteiger partial charge in [-0.3, -0.25) is 9.59 Å². The van der Waals surface area contributed by atoms with Gasteiger partial charge in [-0.1, -0.05) is 24.3 Å². The molecule has 6 nitrogen and oxygen atoms in total. The van der Waals surface area contributed by atoms with Crippen LogP contribution >= 0.6 is 11.8 Å². The summed E-state index contributed by atoms with van der Waals surface area (Å²) in [5, 5.41) is 2.72.